The molecule has 0 radical (unpaired) electrons. The highest BCUT2D eigenvalue weighted by atomic mass is 16.5. The van der Waals surface area contributed by atoms with E-state index in [1.807, 2.05) is 66.7 Å². The second-order valence-electron chi connectivity index (χ2n) is 7.45. The van der Waals surface area contributed by atoms with Gasteiger partial charge in [0.2, 0.25) is 11.7 Å². The number of nitrogens with zero attached hydrogens (tertiary/aromatic N) is 6. The van der Waals surface area contributed by atoms with E-state index in [0.29, 0.717) is 23.0 Å². The molecule has 3 heterocycles. The van der Waals surface area contributed by atoms with Gasteiger partial charge in [-0.3, -0.25) is 9.78 Å². The summed E-state index contributed by atoms with van der Waals surface area (Å²) in [4.78, 5) is 23.4. The Balaban J connectivity index is 1.44. The maximum Gasteiger partial charge on any atom is 0.257 e. The number of carbonyl (C=O) groups is 1. The van der Waals surface area contributed by atoms with Crippen molar-refractivity contribution in [3.8, 4) is 28.3 Å². The number of pyridine rings is 1. The molecule has 0 aliphatic rings. The summed E-state index contributed by atoms with van der Waals surface area (Å²) in [5.41, 5.74) is 3.57. The van der Waals surface area contributed by atoms with Crippen LogP contribution in [0.25, 0.3) is 28.3 Å². The summed E-state index contributed by atoms with van der Waals surface area (Å²) >= 11 is 0. The van der Waals surface area contributed by atoms with Crippen molar-refractivity contribution in [2.45, 2.75) is 6.54 Å². The first-order chi connectivity index (χ1) is 16.2. The van der Waals surface area contributed by atoms with Gasteiger partial charge in [-0.15, -0.1) is 0 Å². The van der Waals surface area contributed by atoms with Gasteiger partial charge in [-0.25, -0.2) is 4.68 Å². The van der Waals surface area contributed by atoms with Crippen molar-refractivity contribution in [2.75, 3.05) is 7.05 Å². The Bertz CT molecular complexity index is 1360. The van der Waals surface area contributed by atoms with Crippen LogP contribution in [0.3, 0.4) is 0 Å². The van der Waals surface area contributed by atoms with Crippen LogP contribution in [0.2, 0.25) is 0 Å². The van der Waals surface area contributed by atoms with Crippen molar-refractivity contribution in [3.05, 3.63) is 103 Å². The van der Waals surface area contributed by atoms with Gasteiger partial charge in [0.25, 0.3) is 5.91 Å². The van der Waals surface area contributed by atoms with Gasteiger partial charge in [-0.1, -0.05) is 53.7 Å². The lowest BCUT2D eigenvalue weighted by Gasteiger charge is -2.14. The average molecular weight is 436 g/mol. The van der Waals surface area contributed by atoms with Crippen LogP contribution in [-0.2, 0) is 6.54 Å². The molecule has 8 heteroatoms. The first kappa shape index (κ1) is 20.3. The third-order valence-corrected chi connectivity index (χ3v) is 5.12. The summed E-state index contributed by atoms with van der Waals surface area (Å²) < 4.78 is 7.08. The molecule has 0 saturated heterocycles. The van der Waals surface area contributed by atoms with Gasteiger partial charge in [-0.2, -0.15) is 10.1 Å². The van der Waals surface area contributed by atoms with Crippen LogP contribution in [0.4, 0.5) is 0 Å². The molecular formula is C25H20N6O2. The van der Waals surface area contributed by atoms with Crippen molar-refractivity contribution in [3.63, 3.8) is 0 Å². The molecule has 0 spiro atoms. The van der Waals surface area contributed by atoms with Gasteiger partial charge in [0.1, 0.15) is 12.2 Å². The van der Waals surface area contributed by atoms with E-state index < -0.39 is 0 Å². The summed E-state index contributed by atoms with van der Waals surface area (Å²) in [7, 11) is 1.70. The number of para-hydroxylation sites is 1. The maximum absolute atomic E-state index is 13.4. The van der Waals surface area contributed by atoms with Gasteiger partial charge in [0, 0.05) is 36.8 Å². The minimum atomic E-state index is -0.197. The van der Waals surface area contributed by atoms with Crippen molar-refractivity contribution >= 4 is 5.91 Å². The van der Waals surface area contributed by atoms with Crippen LogP contribution in [0, 0.1) is 0 Å². The molecule has 2 aromatic carbocycles. The molecular weight excluding hydrogens is 416 g/mol. The van der Waals surface area contributed by atoms with Crippen molar-refractivity contribution in [1.82, 2.24) is 29.8 Å². The lowest BCUT2D eigenvalue weighted by atomic mass is 10.1. The number of aromatic nitrogens is 5. The highest BCUT2D eigenvalue weighted by Crippen LogP contribution is 2.25. The zero-order valence-electron chi connectivity index (χ0n) is 17.9. The Morgan fingerprint density at radius 3 is 2.42 bits per heavy atom. The van der Waals surface area contributed by atoms with E-state index in [4.69, 9.17) is 9.62 Å². The molecule has 0 aliphatic carbocycles. The van der Waals surface area contributed by atoms with Crippen LogP contribution >= 0.6 is 0 Å². The highest BCUT2D eigenvalue weighted by molar-refractivity contribution is 5.99. The maximum atomic E-state index is 13.4. The Kier molecular flexibility index (Phi) is 5.47. The largest absolute Gasteiger partial charge is 0.337 e. The van der Waals surface area contributed by atoms with Crippen molar-refractivity contribution in [2.24, 2.45) is 0 Å². The summed E-state index contributed by atoms with van der Waals surface area (Å²) in [6, 6.07) is 23.0. The fraction of sp³-hybridized carbons (Fsp3) is 0.0800. The Morgan fingerprint density at radius 1 is 0.970 bits per heavy atom. The van der Waals surface area contributed by atoms with Gasteiger partial charge < -0.3 is 9.42 Å². The first-order valence-electron chi connectivity index (χ1n) is 10.4. The van der Waals surface area contributed by atoms with E-state index in [2.05, 4.69) is 15.1 Å². The lowest BCUT2D eigenvalue weighted by Crippen LogP contribution is -2.26. The number of hydrogen-bond acceptors (Lipinski definition) is 6. The summed E-state index contributed by atoms with van der Waals surface area (Å²) in [6.07, 6.45) is 5.09. The SMILES string of the molecule is CN(Cc1nc(-c2cccnc2)no1)C(=O)c1cn(-c2ccccc2)nc1-c1ccccc1. The molecule has 1 amide bonds. The van der Waals surface area contributed by atoms with Crippen LogP contribution in [-0.4, -0.2) is 42.8 Å². The minimum absolute atomic E-state index is 0.164. The molecule has 5 rings (SSSR count). The molecule has 0 saturated carbocycles. The smallest absolute Gasteiger partial charge is 0.257 e. The molecule has 0 bridgehead atoms. The van der Waals surface area contributed by atoms with Gasteiger partial charge in [-0.05, 0) is 24.3 Å². The third kappa shape index (κ3) is 4.27. The molecule has 0 unspecified atom stereocenters. The number of hydrogen-bond donors (Lipinski definition) is 0. The van der Waals surface area contributed by atoms with Crippen LogP contribution in [0.5, 0.6) is 0 Å². The van der Waals surface area contributed by atoms with Gasteiger partial charge >= 0.3 is 0 Å². The quantitative estimate of drug-likeness (QED) is 0.395. The van der Waals surface area contributed by atoms with E-state index in [0.717, 1.165) is 16.8 Å². The molecule has 0 N–H and O–H groups in total. The van der Waals surface area contributed by atoms with Crippen molar-refractivity contribution in [1.29, 1.82) is 0 Å². The predicted molar refractivity (Wildman–Crippen MR) is 122 cm³/mol. The average Bonchev–Trinajstić information content (AvgIpc) is 3.53. The predicted octanol–water partition coefficient (Wildman–Crippen LogP) is 4.26. The van der Waals surface area contributed by atoms with E-state index in [-0.39, 0.29) is 12.5 Å². The molecule has 0 fully saturated rings. The lowest BCUT2D eigenvalue weighted by molar-refractivity contribution is 0.0770. The molecule has 33 heavy (non-hydrogen) atoms. The minimum Gasteiger partial charge on any atom is -0.337 e. The van der Waals surface area contributed by atoms with E-state index in [1.165, 1.54) is 0 Å². The number of amides is 1. The second-order valence-corrected chi connectivity index (χ2v) is 7.45. The Labute approximate surface area is 190 Å². The Hall–Kier alpha value is -4.59. The normalized spacial score (nSPS) is 10.8. The number of rotatable bonds is 6. The third-order valence-electron chi connectivity index (χ3n) is 5.12. The standard InChI is InChI=1S/C25H20N6O2/c1-30(17-22-27-24(29-33-22)19-11-8-14-26-15-19)25(32)21-16-31(20-12-6-3-7-13-20)28-23(21)18-9-4-2-5-10-18/h2-16H,17H2,1H3. The zero-order chi connectivity index (χ0) is 22.6. The Morgan fingerprint density at radius 2 is 1.70 bits per heavy atom. The topological polar surface area (TPSA) is 89.9 Å². The number of carbonyl (C=O) groups excluding carboxylic acids is 1. The fourth-order valence-electron chi connectivity index (χ4n) is 3.46. The molecule has 3 aromatic heterocycles. The van der Waals surface area contributed by atoms with Gasteiger partial charge in [0.15, 0.2) is 0 Å². The van der Waals surface area contributed by atoms with E-state index in [1.54, 1.807) is 41.3 Å². The second kappa shape index (κ2) is 8.88. The monoisotopic (exact) mass is 436 g/mol. The molecule has 0 atom stereocenters. The van der Waals surface area contributed by atoms with Crippen LogP contribution in [0.1, 0.15) is 16.2 Å². The van der Waals surface area contributed by atoms with Crippen molar-refractivity contribution < 1.29 is 9.32 Å². The van der Waals surface area contributed by atoms with E-state index in [9.17, 15) is 4.79 Å². The van der Waals surface area contributed by atoms with Crippen LogP contribution < -0.4 is 0 Å². The summed E-state index contributed by atoms with van der Waals surface area (Å²) in [6.45, 7) is 0.164. The highest BCUT2D eigenvalue weighted by Gasteiger charge is 2.23. The molecule has 0 aliphatic heterocycles. The van der Waals surface area contributed by atoms with Crippen LogP contribution in [0.15, 0.2) is 95.9 Å². The molecule has 162 valence electrons. The summed E-state index contributed by atoms with van der Waals surface area (Å²) in [5, 5.41) is 8.72. The zero-order valence-corrected chi connectivity index (χ0v) is 17.9. The molecule has 8 nitrogen and oxygen atoms in total. The van der Waals surface area contributed by atoms with E-state index >= 15 is 0 Å². The summed E-state index contributed by atoms with van der Waals surface area (Å²) in [5.74, 6) is 0.569. The van der Waals surface area contributed by atoms with Gasteiger partial charge in [0.05, 0.1) is 11.3 Å². The first-order valence-corrected chi connectivity index (χ1v) is 10.4. The number of benzene rings is 2. The fourth-order valence-corrected chi connectivity index (χ4v) is 3.46. The molecule has 5 aromatic rings.